The van der Waals surface area contributed by atoms with E-state index in [1.807, 2.05) is 0 Å². The SMILES string of the molecule is O=S(=O)(NCc1c(F)ccc(F)c1Cl)c1c(F)c(F)c(F)c(F)c1F. The Morgan fingerprint density at radius 3 is 1.76 bits per heavy atom. The maximum atomic E-state index is 13.5. The van der Waals surface area contributed by atoms with E-state index in [4.69, 9.17) is 11.6 Å². The van der Waals surface area contributed by atoms with Gasteiger partial charge in [-0.05, 0) is 12.1 Å². The summed E-state index contributed by atoms with van der Waals surface area (Å²) in [6.07, 6.45) is 0. The summed E-state index contributed by atoms with van der Waals surface area (Å²) >= 11 is 5.44. The third kappa shape index (κ3) is 3.44. The quantitative estimate of drug-likeness (QED) is 0.476. The van der Waals surface area contributed by atoms with Crippen LogP contribution in [0.2, 0.25) is 5.02 Å². The van der Waals surface area contributed by atoms with Gasteiger partial charge in [-0.2, -0.15) is 0 Å². The van der Waals surface area contributed by atoms with Crippen LogP contribution in [0.3, 0.4) is 0 Å². The van der Waals surface area contributed by atoms with E-state index >= 15 is 0 Å². The molecule has 2 aromatic carbocycles. The van der Waals surface area contributed by atoms with Gasteiger partial charge >= 0.3 is 0 Å². The molecule has 0 radical (unpaired) electrons. The molecule has 0 heterocycles. The molecule has 0 aliphatic rings. The van der Waals surface area contributed by atoms with Gasteiger partial charge in [0.1, 0.15) is 11.6 Å². The van der Waals surface area contributed by atoms with E-state index in [9.17, 15) is 39.2 Å². The summed E-state index contributed by atoms with van der Waals surface area (Å²) in [7, 11) is -5.32. The normalized spacial score (nSPS) is 11.8. The molecule has 25 heavy (non-hydrogen) atoms. The number of halogens is 8. The molecule has 2 aromatic rings. The molecule has 3 nitrogen and oxygen atoms in total. The van der Waals surface area contributed by atoms with Crippen LogP contribution in [-0.4, -0.2) is 8.42 Å². The summed E-state index contributed by atoms with van der Waals surface area (Å²) in [5.41, 5.74) is -0.728. The fourth-order valence-corrected chi connectivity index (χ4v) is 3.14. The van der Waals surface area contributed by atoms with E-state index < -0.39 is 72.8 Å². The van der Waals surface area contributed by atoms with Crippen LogP contribution in [0.4, 0.5) is 30.7 Å². The number of hydrogen-bond donors (Lipinski definition) is 1. The van der Waals surface area contributed by atoms with Gasteiger partial charge in [-0.15, -0.1) is 0 Å². The monoisotopic (exact) mass is 407 g/mol. The molecule has 0 aromatic heterocycles. The van der Waals surface area contributed by atoms with Crippen molar-refractivity contribution in [3.05, 3.63) is 63.4 Å². The molecule has 0 unspecified atom stereocenters. The van der Waals surface area contributed by atoms with Gasteiger partial charge in [0.15, 0.2) is 28.2 Å². The third-order valence-corrected chi connectivity index (χ3v) is 4.85. The Bertz CT molecular complexity index is 937. The number of hydrogen-bond acceptors (Lipinski definition) is 2. The molecule has 0 amide bonds. The fraction of sp³-hybridized carbons (Fsp3) is 0.0769. The van der Waals surface area contributed by atoms with E-state index in [2.05, 4.69) is 0 Å². The molecule has 0 saturated carbocycles. The van der Waals surface area contributed by atoms with Gasteiger partial charge < -0.3 is 0 Å². The molecule has 0 fully saturated rings. The van der Waals surface area contributed by atoms with Gasteiger partial charge in [0.05, 0.1) is 5.02 Å². The highest BCUT2D eigenvalue weighted by Crippen LogP contribution is 2.28. The molecule has 0 saturated heterocycles. The van der Waals surface area contributed by atoms with E-state index in [0.29, 0.717) is 12.1 Å². The first-order chi connectivity index (χ1) is 11.5. The van der Waals surface area contributed by atoms with E-state index in [0.717, 1.165) is 0 Å². The van der Waals surface area contributed by atoms with Crippen molar-refractivity contribution in [2.45, 2.75) is 11.4 Å². The van der Waals surface area contributed by atoms with Gasteiger partial charge in [0.2, 0.25) is 15.8 Å². The van der Waals surface area contributed by atoms with Crippen LogP contribution < -0.4 is 4.72 Å². The highest BCUT2D eigenvalue weighted by atomic mass is 35.5. The second-order valence-electron chi connectivity index (χ2n) is 4.55. The smallest absolute Gasteiger partial charge is 0.207 e. The zero-order valence-electron chi connectivity index (χ0n) is 11.6. The lowest BCUT2D eigenvalue weighted by molar-refractivity contribution is 0.357. The first-order valence-electron chi connectivity index (χ1n) is 6.12. The summed E-state index contributed by atoms with van der Waals surface area (Å²) in [5, 5.41) is -0.819. The van der Waals surface area contributed by atoms with Crippen LogP contribution in [0.15, 0.2) is 17.0 Å². The maximum absolute atomic E-state index is 13.5. The Balaban J connectivity index is 2.48. The average Bonchev–Trinajstić information content (AvgIpc) is 2.54. The summed E-state index contributed by atoms with van der Waals surface area (Å²) < 4.78 is 118. The summed E-state index contributed by atoms with van der Waals surface area (Å²) in [5.74, 6) is -15.0. The third-order valence-electron chi connectivity index (χ3n) is 3.02. The lowest BCUT2D eigenvalue weighted by atomic mass is 10.2. The Morgan fingerprint density at radius 2 is 1.24 bits per heavy atom. The van der Waals surface area contributed by atoms with Gasteiger partial charge in [0.25, 0.3) is 0 Å². The van der Waals surface area contributed by atoms with E-state index in [-0.39, 0.29) is 0 Å². The predicted molar refractivity (Wildman–Crippen MR) is 71.6 cm³/mol. The number of nitrogens with one attached hydrogen (secondary N) is 1. The molecule has 0 atom stereocenters. The van der Waals surface area contributed by atoms with Crippen molar-refractivity contribution in [3.63, 3.8) is 0 Å². The molecule has 0 aliphatic carbocycles. The Kier molecular flexibility index (Phi) is 5.30. The molecular weight excluding hydrogens is 403 g/mol. The molecular formula is C13H5ClF7NO2S. The molecule has 0 bridgehead atoms. The topological polar surface area (TPSA) is 46.2 Å². The Morgan fingerprint density at radius 1 is 0.800 bits per heavy atom. The van der Waals surface area contributed by atoms with Crippen molar-refractivity contribution in [2.24, 2.45) is 0 Å². The molecule has 1 N–H and O–H groups in total. The lowest BCUT2D eigenvalue weighted by Gasteiger charge is -2.12. The zero-order valence-corrected chi connectivity index (χ0v) is 13.2. The van der Waals surface area contributed by atoms with Gasteiger partial charge in [-0.25, -0.2) is 43.9 Å². The van der Waals surface area contributed by atoms with Crippen LogP contribution in [0, 0.1) is 40.7 Å². The fourth-order valence-electron chi connectivity index (χ4n) is 1.79. The second-order valence-corrected chi connectivity index (χ2v) is 6.63. The molecule has 2 rings (SSSR count). The average molecular weight is 408 g/mol. The molecule has 0 spiro atoms. The van der Waals surface area contributed by atoms with Crippen molar-refractivity contribution >= 4 is 21.6 Å². The van der Waals surface area contributed by atoms with Crippen LogP contribution in [0.25, 0.3) is 0 Å². The van der Waals surface area contributed by atoms with Gasteiger partial charge in [-0.1, -0.05) is 11.6 Å². The highest BCUT2D eigenvalue weighted by molar-refractivity contribution is 7.89. The van der Waals surface area contributed by atoms with Crippen LogP contribution in [0.5, 0.6) is 0 Å². The van der Waals surface area contributed by atoms with Crippen molar-refractivity contribution < 1.29 is 39.2 Å². The number of benzene rings is 2. The largest absolute Gasteiger partial charge is 0.246 e. The molecule has 0 aliphatic heterocycles. The van der Waals surface area contributed by atoms with Crippen molar-refractivity contribution in [3.8, 4) is 0 Å². The maximum Gasteiger partial charge on any atom is 0.246 e. The van der Waals surface area contributed by atoms with Gasteiger partial charge in [0, 0.05) is 12.1 Å². The summed E-state index contributed by atoms with van der Waals surface area (Å²) in [6, 6.07) is 1.24. The first-order valence-corrected chi connectivity index (χ1v) is 7.98. The highest BCUT2D eigenvalue weighted by Gasteiger charge is 2.33. The minimum absolute atomic E-state index is 0.600. The minimum Gasteiger partial charge on any atom is -0.207 e. The number of sulfonamides is 1. The van der Waals surface area contributed by atoms with E-state index in [1.165, 1.54) is 4.72 Å². The zero-order chi connectivity index (χ0) is 19.1. The standard InChI is InChI=1S/C13H5ClF7NO2S/c14-7-4(5(15)1-2-6(7)16)3-22-25(23,24)13-11(20)9(18)8(17)10(19)12(13)21/h1-2,22H,3H2. The minimum atomic E-state index is -5.32. The van der Waals surface area contributed by atoms with Crippen molar-refractivity contribution in [2.75, 3.05) is 0 Å². The van der Waals surface area contributed by atoms with Crippen LogP contribution in [0.1, 0.15) is 5.56 Å². The number of rotatable bonds is 4. The molecule has 136 valence electrons. The Hall–Kier alpha value is -1.85. The summed E-state index contributed by atoms with van der Waals surface area (Å²) in [4.78, 5) is -2.16. The van der Waals surface area contributed by atoms with E-state index in [1.54, 1.807) is 0 Å². The summed E-state index contributed by atoms with van der Waals surface area (Å²) in [6.45, 7) is -1.11. The second kappa shape index (κ2) is 6.81. The van der Waals surface area contributed by atoms with Gasteiger partial charge in [-0.3, -0.25) is 0 Å². The Labute approximate surface area is 141 Å². The molecule has 12 heteroatoms. The van der Waals surface area contributed by atoms with Crippen molar-refractivity contribution in [1.82, 2.24) is 4.72 Å². The lowest BCUT2D eigenvalue weighted by Crippen LogP contribution is -2.27. The van der Waals surface area contributed by atoms with Crippen molar-refractivity contribution in [1.29, 1.82) is 0 Å². The predicted octanol–water partition coefficient (Wildman–Crippen LogP) is 3.79. The first kappa shape index (κ1) is 19.5. The van der Waals surface area contributed by atoms with Crippen LogP contribution >= 0.6 is 11.6 Å². The van der Waals surface area contributed by atoms with Crippen LogP contribution in [-0.2, 0) is 16.6 Å².